The van der Waals surface area contributed by atoms with Crippen molar-refractivity contribution in [1.29, 1.82) is 0 Å². The highest BCUT2D eigenvalue weighted by atomic mass is 32.1. The first kappa shape index (κ1) is 12.1. The van der Waals surface area contributed by atoms with Gasteiger partial charge in [0.2, 0.25) is 0 Å². The van der Waals surface area contributed by atoms with Crippen LogP contribution in [0.25, 0.3) is 11.3 Å². The lowest BCUT2D eigenvalue weighted by Gasteiger charge is -2.09. The summed E-state index contributed by atoms with van der Waals surface area (Å²) in [5.41, 5.74) is 2.21. The molecule has 0 unspecified atom stereocenters. The third kappa shape index (κ3) is 3.07. The maximum absolute atomic E-state index is 5.61. The van der Waals surface area contributed by atoms with Gasteiger partial charge in [-0.3, -0.25) is 0 Å². The van der Waals surface area contributed by atoms with Gasteiger partial charge in [-0.15, -0.1) is 11.3 Å². The van der Waals surface area contributed by atoms with Gasteiger partial charge in [-0.25, -0.2) is 4.98 Å². The molecule has 0 N–H and O–H groups in total. The van der Waals surface area contributed by atoms with E-state index in [1.165, 1.54) is 5.01 Å². The highest BCUT2D eigenvalue weighted by Gasteiger charge is 2.04. The normalized spacial score (nSPS) is 10.8. The van der Waals surface area contributed by atoms with Crippen LogP contribution in [0, 0.1) is 0 Å². The van der Waals surface area contributed by atoms with Gasteiger partial charge >= 0.3 is 0 Å². The van der Waals surface area contributed by atoms with Crippen molar-refractivity contribution in [1.82, 2.24) is 4.98 Å². The lowest BCUT2D eigenvalue weighted by Crippen LogP contribution is -2.05. The molecule has 0 aliphatic heterocycles. The SMILES string of the molecule is CCc1nc(-c2ccc(OC(C)C)cc2)cs1. The highest BCUT2D eigenvalue weighted by molar-refractivity contribution is 7.09. The van der Waals surface area contributed by atoms with Crippen molar-refractivity contribution in [3.63, 3.8) is 0 Å². The third-order valence-electron chi connectivity index (χ3n) is 2.38. The van der Waals surface area contributed by atoms with Crippen molar-refractivity contribution in [3.8, 4) is 17.0 Å². The van der Waals surface area contributed by atoms with Crippen LogP contribution in [0.4, 0.5) is 0 Å². The van der Waals surface area contributed by atoms with Gasteiger partial charge in [0.05, 0.1) is 16.8 Å². The molecular formula is C14H17NOS. The fourth-order valence-corrected chi connectivity index (χ4v) is 2.34. The molecule has 17 heavy (non-hydrogen) atoms. The number of ether oxygens (including phenoxy) is 1. The molecule has 90 valence electrons. The number of aromatic nitrogens is 1. The number of thiazole rings is 1. The molecule has 0 spiro atoms. The first-order valence-corrected chi connectivity index (χ1v) is 6.78. The van der Waals surface area contributed by atoms with Crippen LogP contribution in [0.2, 0.25) is 0 Å². The van der Waals surface area contributed by atoms with E-state index in [1.54, 1.807) is 11.3 Å². The van der Waals surface area contributed by atoms with Crippen molar-refractivity contribution in [2.45, 2.75) is 33.3 Å². The summed E-state index contributed by atoms with van der Waals surface area (Å²) in [4.78, 5) is 4.57. The summed E-state index contributed by atoms with van der Waals surface area (Å²) in [5.74, 6) is 0.912. The zero-order valence-electron chi connectivity index (χ0n) is 10.4. The van der Waals surface area contributed by atoms with E-state index in [0.29, 0.717) is 0 Å². The Morgan fingerprint density at radius 2 is 1.94 bits per heavy atom. The van der Waals surface area contributed by atoms with E-state index in [0.717, 1.165) is 23.4 Å². The second-order valence-electron chi connectivity index (χ2n) is 4.17. The number of aryl methyl sites for hydroxylation is 1. The highest BCUT2D eigenvalue weighted by Crippen LogP contribution is 2.24. The molecule has 0 bridgehead atoms. The second kappa shape index (κ2) is 5.32. The summed E-state index contributed by atoms with van der Waals surface area (Å²) in [6.45, 7) is 6.19. The Morgan fingerprint density at radius 1 is 1.24 bits per heavy atom. The Morgan fingerprint density at radius 3 is 2.47 bits per heavy atom. The Bertz CT molecular complexity index is 473. The molecule has 2 aromatic rings. The summed E-state index contributed by atoms with van der Waals surface area (Å²) < 4.78 is 5.61. The number of nitrogens with zero attached hydrogens (tertiary/aromatic N) is 1. The Labute approximate surface area is 106 Å². The van der Waals surface area contributed by atoms with Crippen molar-refractivity contribution in [3.05, 3.63) is 34.7 Å². The molecule has 0 aliphatic rings. The minimum absolute atomic E-state index is 0.215. The first-order chi connectivity index (χ1) is 8.19. The Hall–Kier alpha value is -1.35. The number of hydrogen-bond donors (Lipinski definition) is 0. The van der Waals surface area contributed by atoms with Gasteiger partial charge in [-0.1, -0.05) is 6.92 Å². The van der Waals surface area contributed by atoms with Crippen LogP contribution in [0.1, 0.15) is 25.8 Å². The van der Waals surface area contributed by atoms with Crippen LogP contribution in [0.5, 0.6) is 5.75 Å². The topological polar surface area (TPSA) is 22.1 Å². The van der Waals surface area contributed by atoms with Crippen LogP contribution in [-0.2, 0) is 6.42 Å². The van der Waals surface area contributed by atoms with Crippen molar-refractivity contribution in [2.24, 2.45) is 0 Å². The molecular weight excluding hydrogens is 230 g/mol. The molecule has 0 aliphatic carbocycles. The summed E-state index contributed by atoms with van der Waals surface area (Å²) in [6, 6.07) is 8.12. The molecule has 1 aromatic carbocycles. The van der Waals surface area contributed by atoms with Gasteiger partial charge in [0, 0.05) is 10.9 Å². The van der Waals surface area contributed by atoms with Gasteiger partial charge < -0.3 is 4.74 Å². The lowest BCUT2D eigenvalue weighted by atomic mass is 10.2. The van der Waals surface area contributed by atoms with Gasteiger partial charge in [-0.2, -0.15) is 0 Å². The van der Waals surface area contributed by atoms with Gasteiger partial charge in [0.1, 0.15) is 5.75 Å². The average Bonchev–Trinajstić information content (AvgIpc) is 2.78. The van der Waals surface area contributed by atoms with E-state index in [1.807, 2.05) is 26.0 Å². The quantitative estimate of drug-likeness (QED) is 0.809. The number of hydrogen-bond acceptors (Lipinski definition) is 3. The van der Waals surface area contributed by atoms with Crippen LogP contribution in [0.3, 0.4) is 0 Å². The zero-order chi connectivity index (χ0) is 12.3. The number of benzene rings is 1. The van der Waals surface area contributed by atoms with Crippen molar-refractivity contribution < 1.29 is 4.74 Å². The molecule has 0 radical (unpaired) electrons. The van der Waals surface area contributed by atoms with Crippen molar-refractivity contribution in [2.75, 3.05) is 0 Å². The molecule has 1 aromatic heterocycles. The third-order valence-corrected chi connectivity index (χ3v) is 3.37. The van der Waals surface area contributed by atoms with Crippen LogP contribution in [-0.4, -0.2) is 11.1 Å². The van der Waals surface area contributed by atoms with Crippen LogP contribution < -0.4 is 4.74 Å². The fraction of sp³-hybridized carbons (Fsp3) is 0.357. The molecule has 0 saturated heterocycles. The first-order valence-electron chi connectivity index (χ1n) is 5.90. The average molecular weight is 247 g/mol. The fourth-order valence-electron chi connectivity index (χ4n) is 1.58. The van der Waals surface area contributed by atoms with Gasteiger partial charge in [0.15, 0.2) is 0 Å². The largest absolute Gasteiger partial charge is 0.491 e. The maximum atomic E-state index is 5.61. The number of rotatable bonds is 4. The molecule has 2 rings (SSSR count). The predicted molar refractivity (Wildman–Crippen MR) is 72.7 cm³/mol. The van der Waals surface area contributed by atoms with Crippen LogP contribution in [0.15, 0.2) is 29.6 Å². The minimum atomic E-state index is 0.215. The maximum Gasteiger partial charge on any atom is 0.119 e. The Balaban J connectivity index is 2.17. The van der Waals surface area contributed by atoms with E-state index < -0.39 is 0 Å². The lowest BCUT2D eigenvalue weighted by molar-refractivity contribution is 0.242. The summed E-state index contributed by atoms with van der Waals surface area (Å²) >= 11 is 1.72. The molecule has 1 heterocycles. The van der Waals surface area contributed by atoms with Crippen LogP contribution >= 0.6 is 11.3 Å². The molecule has 0 fully saturated rings. The van der Waals surface area contributed by atoms with E-state index >= 15 is 0 Å². The molecule has 0 saturated carbocycles. The summed E-state index contributed by atoms with van der Waals surface area (Å²) in [7, 11) is 0. The summed E-state index contributed by atoms with van der Waals surface area (Å²) in [5, 5.41) is 3.29. The smallest absolute Gasteiger partial charge is 0.119 e. The molecule has 0 atom stereocenters. The van der Waals surface area contributed by atoms with E-state index in [9.17, 15) is 0 Å². The zero-order valence-corrected chi connectivity index (χ0v) is 11.3. The van der Waals surface area contributed by atoms with E-state index in [-0.39, 0.29) is 6.10 Å². The molecule has 2 nitrogen and oxygen atoms in total. The molecule has 3 heteroatoms. The van der Waals surface area contributed by atoms with Gasteiger partial charge in [0.25, 0.3) is 0 Å². The molecule has 0 amide bonds. The minimum Gasteiger partial charge on any atom is -0.491 e. The monoisotopic (exact) mass is 247 g/mol. The van der Waals surface area contributed by atoms with Crippen molar-refractivity contribution >= 4 is 11.3 Å². The predicted octanol–water partition coefficient (Wildman–Crippen LogP) is 4.16. The summed E-state index contributed by atoms with van der Waals surface area (Å²) in [6.07, 6.45) is 1.21. The Kier molecular flexibility index (Phi) is 3.79. The standard InChI is InChI=1S/C14H17NOS/c1-4-14-15-13(9-17-14)11-5-7-12(8-6-11)16-10(2)3/h5-10H,4H2,1-3H3. The van der Waals surface area contributed by atoms with Gasteiger partial charge in [-0.05, 0) is 44.5 Å². The second-order valence-corrected chi connectivity index (χ2v) is 5.11. The van der Waals surface area contributed by atoms with E-state index in [4.69, 9.17) is 4.74 Å². The van der Waals surface area contributed by atoms with E-state index in [2.05, 4.69) is 29.4 Å².